The molecular formula is C46H28N4OS. The maximum Gasteiger partial charge on any atom is 0.168 e. The van der Waals surface area contributed by atoms with Gasteiger partial charge in [0.05, 0.1) is 32.4 Å². The van der Waals surface area contributed by atoms with Crippen molar-refractivity contribution >= 4 is 75.3 Å². The summed E-state index contributed by atoms with van der Waals surface area (Å²) in [5, 5.41) is 7.08. The molecule has 6 heteroatoms. The quantitative estimate of drug-likeness (QED) is 0.185. The first-order chi connectivity index (χ1) is 25.7. The molecule has 0 saturated heterocycles. The van der Waals surface area contributed by atoms with Crippen LogP contribution in [0.1, 0.15) is 5.56 Å². The lowest BCUT2D eigenvalue weighted by Crippen LogP contribution is -2.03. The molecule has 0 fully saturated rings. The van der Waals surface area contributed by atoms with E-state index in [-0.39, 0.29) is 0 Å². The Kier molecular flexibility index (Phi) is 6.27. The van der Waals surface area contributed by atoms with Gasteiger partial charge in [-0.15, -0.1) is 11.3 Å². The summed E-state index contributed by atoms with van der Waals surface area (Å²) in [5.74, 6) is 1.81. The third kappa shape index (κ3) is 4.25. The second kappa shape index (κ2) is 11.2. The van der Waals surface area contributed by atoms with Crippen LogP contribution in [0.25, 0.3) is 104 Å². The molecule has 244 valence electrons. The van der Waals surface area contributed by atoms with E-state index in [1.807, 2.05) is 84.1 Å². The fourth-order valence-electron chi connectivity index (χ4n) is 7.86. The van der Waals surface area contributed by atoms with Crippen LogP contribution in [0.2, 0.25) is 0 Å². The number of nitrogens with zero attached hydrogens (tertiary/aromatic N) is 4. The minimum Gasteiger partial charge on any atom is -0.455 e. The summed E-state index contributed by atoms with van der Waals surface area (Å²) in [4.78, 5) is 15.3. The first-order valence-corrected chi connectivity index (χ1v) is 18.2. The van der Waals surface area contributed by atoms with Crippen molar-refractivity contribution in [1.82, 2.24) is 19.5 Å². The van der Waals surface area contributed by atoms with Crippen LogP contribution >= 0.6 is 11.3 Å². The molecule has 5 nitrogen and oxygen atoms in total. The molecule has 0 unspecified atom stereocenters. The lowest BCUT2D eigenvalue weighted by Gasteiger charge is -2.15. The number of fused-ring (bicyclic) bond motifs is 10. The maximum absolute atomic E-state index is 6.90. The Labute approximate surface area is 302 Å². The SMILES string of the molecule is Cc1cc(-n2c3ccccc3c3ccc4c5ccccc5sc4c32)c2c(oc3ccccc32)c1-c1nc(-c2ccccc2)nc(-c2ccccc2)n1. The zero-order valence-electron chi connectivity index (χ0n) is 28.0. The van der Waals surface area contributed by atoms with E-state index >= 15 is 0 Å². The van der Waals surface area contributed by atoms with E-state index in [0.717, 1.165) is 55.4 Å². The van der Waals surface area contributed by atoms with Crippen LogP contribution < -0.4 is 0 Å². The Morgan fingerprint density at radius 3 is 1.88 bits per heavy atom. The normalized spacial score (nSPS) is 11.9. The molecule has 11 aromatic rings. The van der Waals surface area contributed by atoms with E-state index in [4.69, 9.17) is 19.4 Å². The van der Waals surface area contributed by atoms with E-state index in [0.29, 0.717) is 17.5 Å². The Bertz CT molecular complexity index is 3140. The van der Waals surface area contributed by atoms with Gasteiger partial charge in [-0.1, -0.05) is 127 Å². The predicted molar refractivity (Wildman–Crippen MR) is 215 cm³/mol. The topological polar surface area (TPSA) is 56.7 Å². The molecule has 0 amide bonds. The second-order valence-electron chi connectivity index (χ2n) is 13.2. The van der Waals surface area contributed by atoms with Crippen molar-refractivity contribution in [2.24, 2.45) is 0 Å². The van der Waals surface area contributed by atoms with Gasteiger partial charge in [-0.25, -0.2) is 15.0 Å². The average molecular weight is 685 g/mol. The van der Waals surface area contributed by atoms with Crippen LogP contribution in [0.3, 0.4) is 0 Å². The second-order valence-corrected chi connectivity index (χ2v) is 14.3. The molecule has 52 heavy (non-hydrogen) atoms. The lowest BCUT2D eigenvalue weighted by molar-refractivity contribution is 0.669. The molecule has 0 aliphatic carbocycles. The monoisotopic (exact) mass is 684 g/mol. The summed E-state index contributed by atoms with van der Waals surface area (Å²) in [6.07, 6.45) is 0. The minimum atomic E-state index is 0.579. The molecule has 0 spiro atoms. The minimum absolute atomic E-state index is 0.579. The molecule has 7 aromatic carbocycles. The summed E-state index contributed by atoms with van der Waals surface area (Å²) >= 11 is 1.86. The third-order valence-electron chi connectivity index (χ3n) is 10.2. The van der Waals surface area contributed by atoms with Crippen molar-refractivity contribution in [3.63, 3.8) is 0 Å². The third-order valence-corrected chi connectivity index (χ3v) is 11.4. The van der Waals surface area contributed by atoms with E-state index in [9.17, 15) is 0 Å². The summed E-state index contributed by atoms with van der Waals surface area (Å²) in [6, 6.07) is 52.9. The highest BCUT2D eigenvalue weighted by Gasteiger charge is 2.26. The van der Waals surface area contributed by atoms with Gasteiger partial charge >= 0.3 is 0 Å². The molecule has 4 heterocycles. The Hall–Kier alpha value is -6.63. The highest BCUT2D eigenvalue weighted by molar-refractivity contribution is 7.26. The van der Waals surface area contributed by atoms with Gasteiger partial charge in [-0.05, 0) is 36.8 Å². The number of rotatable bonds is 4. The number of aryl methyl sites for hydroxylation is 1. The average Bonchev–Trinajstić information content (AvgIpc) is 3.88. The first kappa shape index (κ1) is 29.1. The van der Waals surface area contributed by atoms with Crippen molar-refractivity contribution in [2.45, 2.75) is 6.92 Å². The summed E-state index contributed by atoms with van der Waals surface area (Å²) < 4.78 is 11.9. The van der Waals surface area contributed by atoms with Crippen LogP contribution in [0.15, 0.2) is 156 Å². The Morgan fingerprint density at radius 1 is 0.538 bits per heavy atom. The number of furan rings is 1. The summed E-state index contributed by atoms with van der Waals surface area (Å²) in [6.45, 7) is 2.14. The van der Waals surface area contributed by atoms with Crippen LogP contribution in [-0.2, 0) is 0 Å². The van der Waals surface area contributed by atoms with Crippen LogP contribution in [-0.4, -0.2) is 19.5 Å². The summed E-state index contributed by atoms with van der Waals surface area (Å²) in [7, 11) is 0. The van der Waals surface area contributed by atoms with Gasteiger partial charge in [-0.2, -0.15) is 0 Å². The number of thiophene rings is 1. The molecule has 0 saturated carbocycles. The van der Waals surface area contributed by atoms with Crippen molar-refractivity contribution in [2.75, 3.05) is 0 Å². The van der Waals surface area contributed by atoms with Gasteiger partial charge in [0.1, 0.15) is 11.2 Å². The van der Waals surface area contributed by atoms with Crippen molar-refractivity contribution < 1.29 is 4.42 Å². The molecule has 0 radical (unpaired) electrons. The zero-order chi connectivity index (χ0) is 34.3. The predicted octanol–water partition coefficient (Wildman–Crippen LogP) is 12.5. The smallest absolute Gasteiger partial charge is 0.168 e. The number of para-hydroxylation sites is 2. The van der Waals surface area contributed by atoms with Crippen LogP contribution in [0, 0.1) is 6.92 Å². The first-order valence-electron chi connectivity index (χ1n) is 17.4. The number of hydrogen-bond donors (Lipinski definition) is 0. The fraction of sp³-hybridized carbons (Fsp3) is 0.0217. The number of benzene rings is 7. The molecule has 11 rings (SSSR count). The maximum atomic E-state index is 6.90. The van der Waals surface area contributed by atoms with Gasteiger partial charge < -0.3 is 8.98 Å². The van der Waals surface area contributed by atoms with E-state index in [1.54, 1.807) is 0 Å². The molecule has 0 N–H and O–H groups in total. The van der Waals surface area contributed by atoms with Crippen LogP contribution in [0.4, 0.5) is 0 Å². The molecular weight excluding hydrogens is 657 g/mol. The van der Waals surface area contributed by atoms with Gasteiger partial charge in [0.2, 0.25) is 0 Å². The van der Waals surface area contributed by atoms with Crippen molar-refractivity contribution in [3.05, 3.63) is 157 Å². The van der Waals surface area contributed by atoms with Gasteiger partial charge in [0.15, 0.2) is 17.5 Å². The largest absolute Gasteiger partial charge is 0.455 e. The molecule has 0 atom stereocenters. The number of aromatic nitrogens is 4. The van der Waals surface area contributed by atoms with E-state index < -0.39 is 0 Å². The standard InChI is InChI=1S/C46H28N4OS/c1-27-26-36(50-35-21-11-8-18-30(35)32-24-25-33-31-19-10-13-23-38(31)52-43(33)41(32)50)40-34-20-9-12-22-37(34)51-42(40)39(27)46-48-44(28-14-4-2-5-15-28)47-45(49-46)29-16-6-3-7-17-29/h2-26H,1H3. The molecule has 0 aliphatic heterocycles. The van der Waals surface area contributed by atoms with Gasteiger partial charge in [-0.3, -0.25) is 0 Å². The van der Waals surface area contributed by atoms with E-state index in [1.165, 1.54) is 36.5 Å². The van der Waals surface area contributed by atoms with Gasteiger partial charge in [0, 0.05) is 42.8 Å². The Balaban J connectivity index is 1.28. The van der Waals surface area contributed by atoms with Crippen molar-refractivity contribution in [1.29, 1.82) is 0 Å². The highest BCUT2D eigenvalue weighted by atomic mass is 32.1. The fourth-order valence-corrected chi connectivity index (χ4v) is 9.10. The highest BCUT2D eigenvalue weighted by Crippen LogP contribution is 2.47. The summed E-state index contributed by atoms with van der Waals surface area (Å²) in [5.41, 5.74) is 8.73. The molecule has 0 bridgehead atoms. The van der Waals surface area contributed by atoms with Crippen molar-refractivity contribution in [3.8, 4) is 39.9 Å². The molecule has 4 aromatic heterocycles. The van der Waals surface area contributed by atoms with E-state index in [2.05, 4.69) is 90.4 Å². The Morgan fingerprint density at radius 2 is 1.13 bits per heavy atom. The number of hydrogen-bond acceptors (Lipinski definition) is 5. The van der Waals surface area contributed by atoms with Crippen LogP contribution in [0.5, 0.6) is 0 Å². The lowest BCUT2D eigenvalue weighted by atomic mass is 10.0. The zero-order valence-corrected chi connectivity index (χ0v) is 28.9. The molecule has 0 aliphatic rings. The van der Waals surface area contributed by atoms with Gasteiger partial charge in [0.25, 0.3) is 0 Å².